The van der Waals surface area contributed by atoms with Gasteiger partial charge < -0.3 is 9.47 Å². The minimum Gasteiger partial charge on any atom is -0.448 e. The largest absolute Gasteiger partial charge is 0.448 e. The summed E-state index contributed by atoms with van der Waals surface area (Å²) in [5.41, 5.74) is 1.75. The van der Waals surface area contributed by atoms with Crippen molar-refractivity contribution < 1.29 is 14.3 Å². The molecule has 5 nitrogen and oxygen atoms in total. The minimum absolute atomic E-state index is 0. The number of carbonyl (C=O) groups is 1. The Kier molecular flexibility index (Phi) is 12.9. The average Bonchev–Trinajstić information content (AvgIpc) is 2.92. The number of unbranched alkanes of at least 4 members (excludes halogenated alkanes) is 2. The van der Waals surface area contributed by atoms with Gasteiger partial charge in [-0.1, -0.05) is 50.8 Å². The van der Waals surface area contributed by atoms with Crippen molar-refractivity contribution in [2.75, 3.05) is 38.2 Å². The SMILES string of the molecule is CCCCCOCc1ccccc1NC(=O)OCCN1CCCCCC1.Cl. The van der Waals surface area contributed by atoms with Crippen LogP contribution in [-0.4, -0.2) is 43.8 Å². The maximum absolute atomic E-state index is 12.1. The summed E-state index contributed by atoms with van der Waals surface area (Å²) in [6.07, 6.45) is 8.18. The molecule has 1 aliphatic rings. The van der Waals surface area contributed by atoms with Crippen LogP contribution in [0.5, 0.6) is 0 Å². The molecule has 154 valence electrons. The first-order chi connectivity index (χ1) is 12.8. The predicted octanol–water partition coefficient (Wildman–Crippen LogP) is 5.24. The molecule has 0 aromatic heterocycles. The van der Waals surface area contributed by atoms with Gasteiger partial charge in [-0.05, 0) is 38.4 Å². The molecule has 27 heavy (non-hydrogen) atoms. The number of ether oxygens (including phenoxy) is 2. The lowest BCUT2D eigenvalue weighted by Crippen LogP contribution is -2.30. The fourth-order valence-electron chi connectivity index (χ4n) is 3.18. The third-order valence-corrected chi connectivity index (χ3v) is 4.74. The Balaban J connectivity index is 0.00000364. The third kappa shape index (κ3) is 9.99. The Morgan fingerprint density at radius 2 is 1.81 bits per heavy atom. The molecule has 0 aliphatic carbocycles. The van der Waals surface area contributed by atoms with Crippen molar-refractivity contribution in [3.63, 3.8) is 0 Å². The number of carbonyl (C=O) groups excluding carboxylic acids is 1. The second-order valence-electron chi connectivity index (χ2n) is 6.93. The van der Waals surface area contributed by atoms with E-state index in [-0.39, 0.29) is 12.4 Å². The van der Waals surface area contributed by atoms with Gasteiger partial charge in [0, 0.05) is 24.4 Å². The Labute approximate surface area is 170 Å². The van der Waals surface area contributed by atoms with Gasteiger partial charge in [-0.2, -0.15) is 0 Å². The van der Waals surface area contributed by atoms with E-state index in [0.717, 1.165) is 43.9 Å². The van der Waals surface area contributed by atoms with Gasteiger partial charge in [0.1, 0.15) is 6.61 Å². The van der Waals surface area contributed by atoms with Crippen LogP contribution in [0, 0.1) is 0 Å². The first-order valence-corrected chi connectivity index (χ1v) is 10.1. The molecule has 1 aromatic carbocycles. The van der Waals surface area contributed by atoms with Gasteiger partial charge in [-0.3, -0.25) is 10.2 Å². The molecule has 1 aromatic rings. The lowest BCUT2D eigenvalue weighted by Gasteiger charge is -2.19. The lowest BCUT2D eigenvalue weighted by molar-refractivity contribution is 0.117. The van der Waals surface area contributed by atoms with Crippen molar-refractivity contribution in [2.45, 2.75) is 58.5 Å². The Morgan fingerprint density at radius 3 is 2.56 bits per heavy atom. The number of hydrogen-bond donors (Lipinski definition) is 1. The Morgan fingerprint density at radius 1 is 1.07 bits per heavy atom. The van der Waals surface area contributed by atoms with E-state index in [2.05, 4.69) is 17.1 Å². The maximum Gasteiger partial charge on any atom is 0.411 e. The van der Waals surface area contributed by atoms with E-state index in [4.69, 9.17) is 9.47 Å². The molecule has 0 spiro atoms. The van der Waals surface area contributed by atoms with Gasteiger partial charge in [0.2, 0.25) is 0 Å². The zero-order valence-corrected chi connectivity index (χ0v) is 17.4. The quantitative estimate of drug-likeness (QED) is 0.547. The molecule has 0 radical (unpaired) electrons. The number of halogens is 1. The molecule has 1 heterocycles. The number of hydrogen-bond acceptors (Lipinski definition) is 4. The minimum atomic E-state index is -0.391. The summed E-state index contributed by atoms with van der Waals surface area (Å²) in [5, 5.41) is 2.85. The first kappa shape index (κ1) is 23.7. The summed E-state index contributed by atoms with van der Waals surface area (Å²) in [7, 11) is 0. The topological polar surface area (TPSA) is 50.8 Å². The monoisotopic (exact) mass is 398 g/mol. The average molecular weight is 399 g/mol. The summed E-state index contributed by atoms with van der Waals surface area (Å²) in [4.78, 5) is 14.5. The normalized spacial score (nSPS) is 14.9. The molecule has 0 atom stereocenters. The highest BCUT2D eigenvalue weighted by atomic mass is 35.5. The summed E-state index contributed by atoms with van der Waals surface area (Å²) in [5.74, 6) is 0. The van der Waals surface area contributed by atoms with Crippen LogP contribution in [0.3, 0.4) is 0 Å². The Bertz CT molecular complexity index is 520. The highest BCUT2D eigenvalue weighted by Gasteiger charge is 2.11. The van der Waals surface area contributed by atoms with Crippen LogP contribution in [0.1, 0.15) is 57.4 Å². The number of anilines is 1. The van der Waals surface area contributed by atoms with Crippen molar-refractivity contribution in [1.82, 2.24) is 4.90 Å². The molecule has 0 bridgehead atoms. The van der Waals surface area contributed by atoms with Crippen LogP contribution >= 0.6 is 12.4 Å². The molecule has 1 N–H and O–H groups in total. The van der Waals surface area contributed by atoms with Gasteiger partial charge in [0.15, 0.2) is 0 Å². The molecule has 1 fully saturated rings. The maximum atomic E-state index is 12.1. The third-order valence-electron chi connectivity index (χ3n) is 4.74. The van der Waals surface area contributed by atoms with Gasteiger partial charge in [0.05, 0.1) is 6.61 Å². The standard InChI is InChI=1S/C21H34N2O3.ClH/c1-2-3-10-16-25-18-19-11-6-7-12-20(19)22-21(24)26-17-15-23-13-8-4-5-9-14-23;/h6-7,11-12H,2-5,8-10,13-18H2,1H3,(H,22,24);1H. The van der Waals surface area contributed by atoms with Crippen LogP contribution in [0.25, 0.3) is 0 Å². The van der Waals surface area contributed by atoms with Crippen LogP contribution < -0.4 is 5.32 Å². The fraction of sp³-hybridized carbons (Fsp3) is 0.667. The molecule has 1 aliphatic heterocycles. The second kappa shape index (κ2) is 14.7. The molecule has 2 rings (SSSR count). The zero-order chi connectivity index (χ0) is 18.5. The number of para-hydroxylation sites is 1. The van der Waals surface area contributed by atoms with E-state index in [9.17, 15) is 4.79 Å². The van der Waals surface area contributed by atoms with E-state index in [1.165, 1.54) is 38.5 Å². The van der Waals surface area contributed by atoms with Crippen molar-refractivity contribution in [1.29, 1.82) is 0 Å². The van der Waals surface area contributed by atoms with E-state index in [1.54, 1.807) is 0 Å². The predicted molar refractivity (Wildman–Crippen MR) is 113 cm³/mol. The number of benzene rings is 1. The van der Waals surface area contributed by atoms with Gasteiger partial charge in [0.25, 0.3) is 0 Å². The zero-order valence-electron chi connectivity index (χ0n) is 16.6. The van der Waals surface area contributed by atoms with Crippen molar-refractivity contribution in [3.8, 4) is 0 Å². The molecule has 6 heteroatoms. The lowest BCUT2D eigenvalue weighted by atomic mass is 10.2. The van der Waals surface area contributed by atoms with E-state index in [1.807, 2.05) is 24.3 Å². The van der Waals surface area contributed by atoms with E-state index >= 15 is 0 Å². The number of likely N-dealkylation sites (tertiary alicyclic amines) is 1. The molecule has 0 saturated carbocycles. The van der Waals surface area contributed by atoms with Crippen molar-refractivity contribution in [2.24, 2.45) is 0 Å². The van der Waals surface area contributed by atoms with Gasteiger partial charge in [-0.25, -0.2) is 4.79 Å². The smallest absolute Gasteiger partial charge is 0.411 e. The second-order valence-corrected chi connectivity index (χ2v) is 6.93. The molecule has 1 amide bonds. The molecule has 1 saturated heterocycles. The van der Waals surface area contributed by atoms with Gasteiger partial charge >= 0.3 is 6.09 Å². The van der Waals surface area contributed by atoms with Crippen LogP contribution in [0.2, 0.25) is 0 Å². The van der Waals surface area contributed by atoms with Crippen molar-refractivity contribution in [3.05, 3.63) is 29.8 Å². The summed E-state index contributed by atoms with van der Waals surface area (Å²) in [6, 6.07) is 7.74. The number of amides is 1. The molecule has 0 unspecified atom stereocenters. The molecular weight excluding hydrogens is 364 g/mol. The fourth-order valence-corrected chi connectivity index (χ4v) is 3.18. The van der Waals surface area contributed by atoms with Gasteiger partial charge in [-0.15, -0.1) is 12.4 Å². The number of nitrogens with one attached hydrogen (secondary N) is 1. The summed E-state index contributed by atoms with van der Waals surface area (Å²) < 4.78 is 11.1. The molecular formula is C21H35ClN2O3. The number of nitrogens with zero attached hydrogens (tertiary/aromatic N) is 1. The Hall–Kier alpha value is -1.30. The van der Waals surface area contributed by atoms with Crippen molar-refractivity contribution >= 4 is 24.2 Å². The van der Waals surface area contributed by atoms with E-state index < -0.39 is 6.09 Å². The summed E-state index contributed by atoms with van der Waals surface area (Å²) in [6.45, 7) is 6.91. The highest BCUT2D eigenvalue weighted by Crippen LogP contribution is 2.17. The summed E-state index contributed by atoms with van der Waals surface area (Å²) >= 11 is 0. The highest BCUT2D eigenvalue weighted by molar-refractivity contribution is 5.85. The van der Waals surface area contributed by atoms with Crippen LogP contribution in [0.15, 0.2) is 24.3 Å². The number of rotatable bonds is 10. The van der Waals surface area contributed by atoms with Crippen LogP contribution in [0.4, 0.5) is 10.5 Å². The van der Waals surface area contributed by atoms with Crippen LogP contribution in [-0.2, 0) is 16.1 Å². The first-order valence-electron chi connectivity index (χ1n) is 10.1. The van der Waals surface area contributed by atoms with E-state index in [0.29, 0.717) is 13.2 Å².